The van der Waals surface area contributed by atoms with Crippen molar-refractivity contribution in [1.82, 2.24) is 15.5 Å². The Bertz CT molecular complexity index is 611. The highest BCUT2D eigenvalue weighted by molar-refractivity contribution is 6.02. The van der Waals surface area contributed by atoms with Gasteiger partial charge in [0.1, 0.15) is 0 Å². The first kappa shape index (κ1) is 14.7. The van der Waals surface area contributed by atoms with E-state index in [1.165, 1.54) is 16.0 Å². The second-order valence-corrected chi connectivity index (χ2v) is 5.67. The van der Waals surface area contributed by atoms with Crippen LogP contribution < -0.4 is 10.6 Å². The van der Waals surface area contributed by atoms with Gasteiger partial charge in [-0.05, 0) is 16.7 Å². The van der Waals surface area contributed by atoms with Crippen LogP contribution in [0.5, 0.6) is 0 Å². The van der Waals surface area contributed by atoms with Gasteiger partial charge in [-0.3, -0.25) is 19.3 Å². The lowest BCUT2D eigenvalue weighted by Crippen LogP contribution is -2.34. The molecule has 6 nitrogen and oxygen atoms in total. The van der Waals surface area contributed by atoms with Crippen LogP contribution in [0.1, 0.15) is 36.0 Å². The number of nitrogens with zero attached hydrogens (tertiary/aromatic N) is 1. The van der Waals surface area contributed by atoms with Crippen LogP contribution in [0, 0.1) is 0 Å². The van der Waals surface area contributed by atoms with Crippen molar-refractivity contribution >= 4 is 17.7 Å². The second-order valence-electron chi connectivity index (χ2n) is 5.67. The summed E-state index contributed by atoms with van der Waals surface area (Å²) in [6.07, 6.45) is 0.692. The summed E-state index contributed by atoms with van der Waals surface area (Å²) in [5.74, 6) is -0.501. The average molecular weight is 301 g/mol. The van der Waals surface area contributed by atoms with E-state index in [4.69, 9.17) is 0 Å². The lowest BCUT2D eigenvalue weighted by Gasteiger charge is -2.13. The summed E-state index contributed by atoms with van der Waals surface area (Å²) in [6, 6.07) is 6.20. The van der Waals surface area contributed by atoms with Gasteiger partial charge in [-0.2, -0.15) is 0 Å². The Morgan fingerprint density at radius 3 is 2.64 bits per heavy atom. The Labute approximate surface area is 128 Å². The van der Waals surface area contributed by atoms with Crippen LogP contribution in [0.25, 0.3) is 0 Å². The molecule has 0 radical (unpaired) electrons. The van der Waals surface area contributed by atoms with E-state index >= 15 is 0 Å². The molecule has 2 heterocycles. The third kappa shape index (κ3) is 3.17. The highest BCUT2D eigenvalue weighted by Crippen LogP contribution is 2.17. The van der Waals surface area contributed by atoms with E-state index < -0.39 is 0 Å². The molecule has 1 aromatic carbocycles. The number of likely N-dealkylation sites (tertiary alicyclic amines) is 1. The summed E-state index contributed by atoms with van der Waals surface area (Å²) in [4.78, 5) is 35.9. The fourth-order valence-electron chi connectivity index (χ4n) is 2.83. The Kier molecular flexibility index (Phi) is 4.20. The number of fused-ring (bicyclic) bond motifs is 1. The monoisotopic (exact) mass is 301 g/mol. The first-order valence-corrected chi connectivity index (χ1v) is 7.55. The van der Waals surface area contributed by atoms with Gasteiger partial charge in [-0.25, -0.2) is 0 Å². The molecular formula is C16H19N3O3. The summed E-state index contributed by atoms with van der Waals surface area (Å²) in [7, 11) is 0. The standard InChI is InChI=1S/C16H19N3O3/c20-14(5-6-19-15(21)3-4-16(19)22)18-8-11-1-2-12-9-17-10-13(12)7-11/h1-2,7,17H,3-6,8-10H2,(H,18,20). The molecular weight excluding hydrogens is 282 g/mol. The van der Waals surface area contributed by atoms with E-state index in [1.807, 2.05) is 6.07 Å². The van der Waals surface area contributed by atoms with Gasteiger partial charge < -0.3 is 10.6 Å². The van der Waals surface area contributed by atoms with Crippen molar-refractivity contribution in [1.29, 1.82) is 0 Å². The summed E-state index contributed by atoms with van der Waals surface area (Å²) >= 11 is 0. The molecule has 1 fully saturated rings. The maximum absolute atomic E-state index is 11.8. The number of imide groups is 1. The minimum Gasteiger partial charge on any atom is -0.352 e. The van der Waals surface area contributed by atoms with E-state index in [0.29, 0.717) is 6.54 Å². The van der Waals surface area contributed by atoms with Crippen molar-refractivity contribution in [3.63, 3.8) is 0 Å². The van der Waals surface area contributed by atoms with E-state index in [-0.39, 0.29) is 43.5 Å². The van der Waals surface area contributed by atoms with Crippen LogP contribution in [0.2, 0.25) is 0 Å². The van der Waals surface area contributed by atoms with Crippen molar-refractivity contribution in [2.24, 2.45) is 0 Å². The van der Waals surface area contributed by atoms with Crippen molar-refractivity contribution in [2.45, 2.75) is 38.9 Å². The molecule has 6 heteroatoms. The number of nitrogens with one attached hydrogen (secondary N) is 2. The van der Waals surface area contributed by atoms with Gasteiger partial charge in [0, 0.05) is 45.4 Å². The highest BCUT2D eigenvalue weighted by atomic mass is 16.2. The molecule has 116 valence electrons. The molecule has 1 aromatic rings. The Morgan fingerprint density at radius 1 is 1.14 bits per heavy atom. The quantitative estimate of drug-likeness (QED) is 0.774. The van der Waals surface area contributed by atoms with Gasteiger partial charge in [-0.15, -0.1) is 0 Å². The fourth-order valence-corrected chi connectivity index (χ4v) is 2.83. The molecule has 0 unspecified atom stereocenters. The zero-order chi connectivity index (χ0) is 15.5. The molecule has 2 aliphatic heterocycles. The van der Waals surface area contributed by atoms with Crippen molar-refractivity contribution in [3.05, 3.63) is 34.9 Å². The third-order valence-corrected chi connectivity index (χ3v) is 4.11. The molecule has 0 aromatic heterocycles. The molecule has 3 rings (SSSR count). The normalized spacial score (nSPS) is 17.0. The molecule has 2 N–H and O–H groups in total. The minimum absolute atomic E-state index is 0.147. The molecule has 1 saturated heterocycles. The summed E-state index contributed by atoms with van der Waals surface area (Å²) < 4.78 is 0. The van der Waals surface area contributed by atoms with Crippen molar-refractivity contribution < 1.29 is 14.4 Å². The van der Waals surface area contributed by atoms with E-state index in [9.17, 15) is 14.4 Å². The van der Waals surface area contributed by atoms with E-state index in [1.54, 1.807) is 0 Å². The predicted octanol–water partition coefficient (Wildman–Crippen LogP) is 0.445. The van der Waals surface area contributed by atoms with Crippen LogP contribution in [0.3, 0.4) is 0 Å². The molecule has 2 aliphatic rings. The molecule has 0 spiro atoms. The number of amides is 3. The minimum atomic E-state index is -0.177. The summed E-state index contributed by atoms with van der Waals surface area (Å²) in [6.45, 7) is 2.42. The van der Waals surface area contributed by atoms with Crippen LogP contribution in [0.15, 0.2) is 18.2 Å². The highest BCUT2D eigenvalue weighted by Gasteiger charge is 2.28. The third-order valence-electron chi connectivity index (χ3n) is 4.11. The number of hydrogen-bond acceptors (Lipinski definition) is 4. The Hall–Kier alpha value is -2.21. The number of carbonyl (C=O) groups is 3. The number of benzene rings is 1. The topological polar surface area (TPSA) is 78.5 Å². The van der Waals surface area contributed by atoms with Crippen LogP contribution in [-0.4, -0.2) is 29.2 Å². The first-order chi connectivity index (χ1) is 10.6. The zero-order valence-electron chi connectivity index (χ0n) is 12.4. The lowest BCUT2D eigenvalue weighted by atomic mass is 10.1. The number of hydrogen-bond donors (Lipinski definition) is 2. The maximum atomic E-state index is 11.8. The lowest BCUT2D eigenvalue weighted by molar-refractivity contribution is -0.138. The van der Waals surface area contributed by atoms with Gasteiger partial charge in [0.15, 0.2) is 0 Å². The van der Waals surface area contributed by atoms with E-state index in [0.717, 1.165) is 18.7 Å². The van der Waals surface area contributed by atoms with Gasteiger partial charge in [0.25, 0.3) is 0 Å². The van der Waals surface area contributed by atoms with Gasteiger partial charge in [0.05, 0.1) is 0 Å². The SMILES string of the molecule is O=C(CCN1C(=O)CCC1=O)NCc1ccc2c(c1)CNC2. The number of carbonyl (C=O) groups excluding carboxylic acids is 3. The Balaban J connectivity index is 1.46. The smallest absolute Gasteiger partial charge is 0.229 e. The molecule has 0 saturated carbocycles. The first-order valence-electron chi connectivity index (χ1n) is 7.55. The molecule has 0 atom stereocenters. The van der Waals surface area contributed by atoms with Crippen LogP contribution in [-0.2, 0) is 34.0 Å². The number of rotatable bonds is 5. The fraction of sp³-hybridized carbons (Fsp3) is 0.438. The Morgan fingerprint density at radius 2 is 1.86 bits per heavy atom. The molecule has 22 heavy (non-hydrogen) atoms. The van der Waals surface area contributed by atoms with Gasteiger partial charge in [-0.1, -0.05) is 18.2 Å². The van der Waals surface area contributed by atoms with Crippen LogP contribution in [0.4, 0.5) is 0 Å². The summed E-state index contributed by atoms with van der Waals surface area (Å²) in [5, 5.41) is 6.12. The van der Waals surface area contributed by atoms with E-state index in [2.05, 4.69) is 22.8 Å². The summed E-state index contributed by atoms with van der Waals surface area (Å²) in [5.41, 5.74) is 3.64. The van der Waals surface area contributed by atoms with Gasteiger partial charge >= 0.3 is 0 Å². The average Bonchev–Trinajstić information content (AvgIpc) is 3.10. The second kappa shape index (κ2) is 6.27. The van der Waals surface area contributed by atoms with Gasteiger partial charge in [0.2, 0.25) is 17.7 Å². The largest absolute Gasteiger partial charge is 0.352 e. The van der Waals surface area contributed by atoms with Crippen molar-refractivity contribution in [3.8, 4) is 0 Å². The van der Waals surface area contributed by atoms with Crippen LogP contribution >= 0.6 is 0 Å². The zero-order valence-corrected chi connectivity index (χ0v) is 12.4. The molecule has 0 aliphatic carbocycles. The predicted molar refractivity (Wildman–Crippen MR) is 79.4 cm³/mol. The molecule has 0 bridgehead atoms. The maximum Gasteiger partial charge on any atom is 0.229 e. The van der Waals surface area contributed by atoms with Crippen molar-refractivity contribution in [2.75, 3.05) is 6.54 Å². The molecule has 3 amide bonds.